The predicted molar refractivity (Wildman–Crippen MR) is 151 cm³/mol. The number of aliphatic carboxylic acids is 5. The van der Waals surface area contributed by atoms with Crippen molar-refractivity contribution in [3.05, 3.63) is 39.9 Å². The van der Waals surface area contributed by atoms with Crippen LogP contribution in [0, 0.1) is 10.1 Å². The molecule has 0 spiro atoms. The number of carbonyl (C=O) groups is 5. The molecule has 0 atom stereocenters. The Bertz CT molecular complexity index is 1120. The molecule has 0 saturated carbocycles. The van der Waals surface area contributed by atoms with Crippen LogP contribution in [0.2, 0.25) is 0 Å². The lowest BCUT2D eigenvalue weighted by Crippen LogP contribution is -2.54. The summed E-state index contributed by atoms with van der Waals surface area (Å²) in [6.07, 6.45) is 0. The SMILES string of the molecule is O=C(O)CN1CCN(CC(=O)O)CCN(CC(=O)O)CC(N(CC(=O)O)Cc2ccc([N+](=O)[O-])cc2)CN(CC(=O)O)CC1. The summed E-state index contributed by atoms with van der Waals surface area (Å²) in [6, 6.07) is 4.68. The lowest BCUT2D eigenvalue weighted by Gasteiger charge is -2.37. The average molecular weight is 627 g/mol. The van der Waals surface area contributed by atoms with Crippen LogP contribution >= 0.6 is 0 Å². The van der Waals surface area contributed by atoms with Gasteiger partial charge in [0.1, 0.15) is 0 Å². The van der Waals surface area contributed by atoms with E-state index in [0.717, 1.165) is 0 Å². The van der Waals surface area contributed by atoms with Crippen molar-refractivity contribution in [3.8, 4) is 0 Å². The maximum Gasteiger partial charge on any atom is 0.317 e. The van der Waals surface area contributed by atoms with E-state index in [2.05, 4.69) is 0 Å². The summed E-state index contributed by atoms with van der Waals surface area (Å²) in [5.41, 5.74) is 0.354. The van der Waals surface area contributed by atoms with Gasteiger partial charge in [0.05, 0.1) is 37.6 Å². The molecule has 1 fully saturated rings. The number of carboxylic acid groups (broad SMARTS) is 5. The van der Waals surface area contributed by atoms with Crippen LogP contribution in [-0.2, 0) is 30.5 Å². The minimum Gasteiger partial charge on any atom is -0.480 e. The number of benzene rings is 1. The fourth-order valence-electron chi connectivity index (χ4n) is 4.95. The van der Waals surface area contributed by atoms with Crippen molar-refractivity contribution in [1.82, 2.24) is 24.5 Å². The Balaban J connectivity index is 2.53. The van der Waals surface area contributed by atoms with Crippen LogP contribution in [0.3, 0.4) is 0 Å². The molecule has 18 heteroatoms. The average Bonchev–Trinajstić information content (AvgIpc) is 2.91. The molecule has 2 rings (SSSR count). The first kappa shape index (κ1) is 36.0. The third-order valence-electron chi connectivity index (χ3n) is 6.96. The lowest BCUT2D eigenvalue weighted by molar-refractivity contribution is -0.384. The highest BCUT2D eigenvalue weighted by atomic mass is 16.6. The summed E-state index contributed by atoms with van der Waals surface area (Å²) in [7, 11) is 0. The molecule has 0 radical (unpaired) electrons. The van der Waals surface area contributed by atoms with Crippen LogP contribution in [0.15, 0.2) is 24.3 Å². The molecule has 44 heavy (non-hydrogen) atoms. The highest BCUT2D eigenvalue weighted by molar-refractivity contribution is 5.70. The number of carboxylic acids is 5. The van der Waals surface area contributed by atoms with Crippen molar-refractivity contribution < 1.29 is 54.4 Å². The molecule has 18 nitrogen and oxygen atoms in total. The Hall–Kier alpha value is -4.23. The van der Waals surface area contributed by atoms with Crippen molar-refractivity contribution in [2.75, 3.05) is 85.1 Å². The van der Waals surface area contributed by atoms with Gasteiger partial charge in [-0.05, 0) is 5.56 Å². The van der Waals surface area contributed by atoms with E-state index in [1.54, 1.807) is 9.80 Å². The smallest absolute Gasteiger partial charge is 0.317 e. The number of hydrogen-bond acceptors (Lipinski definition) is 12. The molecule has 1 saturated heterocycles. The van der Waals surface area contributed by atoms with Crippen molar-refractivity contribution in [2.45, 2.75) is 12.6 Å². The van der Waals surface area contributed by atoms with Gasteiger partial charge in [0.25, 0.3) is 5.69 Å². The second kappa shape index (κ2) is 17.8. The third-order valence-corrected chi connectivity index (χ3v) is 6.96. The molecule has 0 amide bonds. The summed E-state index contributed by atoms with van der Waals surface area (Å²) in [6.45, 7) is -1.72. The second-order valence-electron chi connectivity index (χ2n) is 10.5. The summed E-state index contributed by atoms with van der Waals surface area (Å²) in [4.78, 5) is 76.7. The minimum absolute atomic E-state index is 0.0208. The molecular formula is C26H38N6O12. The fourth-order valence-corrected chi connectivity index (χ4v) is 4.95. The molecule has 1 aliphatic heterocycles. The number of hydrogen-bond donors (Lipinski definition) is 5. The first-order valence-electron chi connectivity index (χ1n) is 13.7. The molecule has 1 aliphatic rings. The molecule has 0 aliphatic carbocycles. The largest absolute Gasteiger partial charge is 0.480 e. The number of nitrogens with zero attached hydrogens (tertiary/aromatic N) is 6. The van der Waals surface area contributed by atoms with Gasteiger partial charge in [0, 0.05) is 77.1 Å². The van der Waals surface area contributed by atoms with Gasteiger partial charge in [-0.2, -0.15) is 0 Å². The molecular weight excluding hydrogens is 588 g/mol. The Kier molecular flexibility index (Phi) is 14.5. The van der Waals surface area contributed by atoms with E-state index in [9.17, 15) is 59.6 Å². The van der Waals surface area contributed by atoms with E-state index in [-0.39, 0.29) is 77.7 Å². The first-order chi connectivity index (χ1) is 20.7. The Morgan fingerprint density at radius 3 is 1.36 bits per heavy atom. The topological polar surface area (TPSA) is 246 Å². The number of non-ortho nitro benzene ring substituents is 1. The minimum atomic E-state index is -1.22. The molecule has 244 valence electrons. The maximum atomic E-state index is 11.9. The van der Waals surface area contributed by atoms with E-state index in [4.69, 9.17) is 0 Å². The standard InChI is InChI=1S/C26H38N6O12/c33-22(34)14-27-5-6-28(15-23(35)36)8-10-30(17-25(39)40)13-21(12-29(9-7-27)16-24(37)38)31(18-26(41)42)11-19-1-3-20(4-2-19)32(43)44/h1-4,21H,5-18H2,(H,33,34)(H,35,36)(H,37,38)(H,39,40)(H,41,42). The third kappa shape index (κ3) is 13.8. The second-order valence-corrected chi connectivity index (χ2v) is 10.5. The molecule has 1 aromatic carbocycles. The Labute approximate surface area is 252 Å². The molecule has 0 unspecified atom stereocenters. The summed E-state index contributed by atoms with van der Waals surface area (Å²) >= 11 is 0. The quantitative estimate of drug-likeness (QED) is 0.115. The summed E-state index contributed by atoms with van der Waals surface area (Å²) < 4.78 is 0. The summed E-state index contributed by atoms with van der Waals surface area (Å²) in [5.74, 6) is -5.86. The van der Waals surface area contributed by atoms with E-state index in [0.29, 0.717) is 5.56 Å². The van der Waals surface area contributed by atoms with E-state index < -0.39 is 60.4 Å². The molecule has 0 aromatic heterocycles. The summed E-state index contributed by atoms with van der Waals surface area (Å²) in [5, 5.41) is 58.9. The zero-order chi connectivity index (χ0) is 32.8. The van der Waals surface area contributed by atoms with Crippen LogP contribution in [0.5, 0.6) is 0 Å². The van der Waals surface area contributed by atoms with Gasteiger partial charge in [0.15, 0.2) is 0 Å². The van der Waals surface area contributed by atoms with Crippen molar-refractivity contribution in [2.24, 2.45) is 0 Å². The Morgan fingerprint density at radius 1 is 0.659 bits per heavy atom. The molecule has 1 heterocycles. The van der Waals surface area contributed by atoms with Gasteiger partial charge in [-0.3, -0.25) is 58.6 Å². The van der Waals surface area contributed by atoms with Crippen LogP contribution in [-0.4, -0.2) is 176 Å². The maximum absolute atomic E-state index is 11.9. The fraction of sp³-hybridized carbons (Fsp3) is 0.577. The van der Waals surface area contributed by atoms with Gasteiger partial charge in [-0.25, -0.2) is 0 Å². The number of rotatable bonds is 14. The normalized spacial score (nSPS) is 17.3. The van der Waals surface area contributed by atoms with E-state index >= 15 is 0 Å². The highest BCUT2D eigenvalue weighted by Gasteiger charge is 2.29. The van der Waals surface area contributed by atoms with Crippen molar-refractivity contribution in [1.29, 1.82) is 0 Å². The van der Waals surface area contributed by atoms with Crippen molar-refractivity contribution >= 4 is 35.5 Å². The van der Waals surface area contributed by atoms with Gasteiger partial charge in [-0.1, -0.05) is 12.1 Å². The molecule has 1 aromatic rings. The van der Waals surface area contributed by atoms with Crippen LogP contribution in [0.25, 0.3) is 0 Å². The first-order valence-corrected chi connectivity index (χ1v) is 13.7. The van der Waals surface area contributed by atoms with Crippen LogP contribution in [0.4, 0.5) is 5.69 Å². The van der Waals surface area contributed by atoms with Crippen molar-refractivity contribution in [3.63, 3.8) is 0 Å². The lowest BCUT2D eigenvalue weighted by atomic mass is 10.1. The van der Waals surface area contributed by atoms with Crippen LogP contribution in [0.1, 0.15) is 5.56 Å². The van der Waals surface area contributed by atoms with Crippen LogP contribution < -0.4 is 0 Å². The number of nitro benzene ring substituents is 1. The van der Waals surface area contributed by atoms with Gasteiger partial charge in [-0.15, -0.1) is 0 Å². The van der Waals surface area contributed by atoms with Gasteiger partial charge < -0.3 is 25.5 Å². The van der Waals surface area contributed by atoms with E-state index in [1.165, 1.54) is 39.0 Å². The Morgan fingerprint density at radius 2 is 1.02 bits per heavy atom. The highest BCUT2D eigenvalue weighted by Crippen LogP contribution is 2.17. The monoisotopic (exact) mass is 626 g/mol. The zero-order valence-corrected chi connectivity index (χ0v) is 24.1. The molecule has 5 N–H and O–H groups in total. The van der Waals surface area contributed by atoms with E-state index in [1.807, 2.05) is 0 Å². The molecule has 0 bridgehead atoms. The van der Waals surface area contributed by atoms with Gasteiger partial charge >= 0.3 is 29.8 Å². The predicted octanol–water partition coefficient (Wildman–Crippen LogP) is -1.59. The number of nitro groups is 1. The van der Waals surface area contributed by atoms with Gasteiger partial charge in [0.2, 0.25) is 0 Å². The zero-order valence-electron chi connectivity index (χ0n) is 24.1.